The molecule has 1 rings (SSSR count). The van der Waals surface area contributed by atoms with Gasteiger partial charge in [0.15, 0.2) is 0 Å². The summed E-state index contributed by atoms with van der Waals surface area (Å²) in [6, 6.07) is 8.70. The van der Waals surface area contributed by atoms with Crippen LogP contribution in [0, 0.1) is 0 Å². The lowest BCUT2D eigenvalue weighted by Gasteiger charge is -2.13. The lowest BCUT2D eigenvalue weighted by molar-refractivity contribution is -0.182. The van der Waals surface area contributed by atoms with Crippen molar-refractivity contribution in [1.82, 2.24) is 0 Å². The number of carbonyl (C=O) groups excluding carboxylic acids is 1. The smallest absolute Gasteiger partial charge is 0.366 e. The van der Waals surface area contributed by atoms with Crippen molar-refractivity contribution in [3.8, 4) is 0 Å². The molecule has 0 aliphatic rings. The topological polar surface area (TPSA) is 26.3 Å². The highest BCUT2D eigenvalue weighted by Crippen LogP contribution is 2.19. The second-order valence-electron chi connectivity index (χ2n) is 3.30. The van der Waals surface area contributed by atoms with Crippen LogP contribution in [0.4, 0.5) is 13.2 Å². The van der Waals surface area contributed by atoms with E-state index < -0.39 is 18.1 Å². The number of alkyl halides is 3. The molecular formula is C11H11F3O2. The van der Waals surface area contributed by atoms with Crippen LogP contribution < -0.4 is 0 Å². The Morgan fingerprint density at radius 3 is 2.38 bits per heavy atom. The molecule has 1 atom stereocenters. The fourth-order valence-electron chi connectivity index (χ4n) is 1.10. The number of halogens is 3. The van der Waals surface area contributed by atoms with Crippen LogP contribution in [-0.2, 0) is 16.1 Å². The van der Waals surface area contributed by atoms with Crippen molar-refractivity contribution in [2.45, 2.75) is 25.8 Å². The molecule has 0 unspecified atom stereocenters. The SMILES string of the molecule is C[C@@H](OCc1ccccc1)C(=O)C(F)(F)F. The van der Waals surface area contributed by atoms with Crippen molar-refractivity contribution in [1.29, 1.82) is 0 Å². The van der Waals surface area contributed by atoms with Crippen LogP contribution in [0.25, 0.3) is 0 Å². The Balaban J connectivity index is 2.48. The molecule has 1 aromatic carbocycles. The third-order valence-corrected chi connectivity index (χ3v) is 1.99. The first-order chi connectivity index (χ1) is 7.41. The Labute approximate surface area is 91.0 Å². The maximum atomic E-state index is 12.0. The monoisotopic (exact) mass is 232 g/mol. The van der Waals surface area contributed by atoms with Gasteiger partial charge in [0.25, 0.3) is 5.78 Å². The van der Waals surface area contributed by atoms with Crippen molar-refractivity contribution in [3.05, 3.63) is 35.9 Å². The molecule has 1 aromatic rings. The maximum Gasteiger partial charge on any atom is 0.452 e. The number of hydrogen-bond acceptors (Lipinski definition) is 2. The summed E-state index contributed by atoms with van der Waals surface area (Å²) in [5.74, 6) is -1.86. The Bertz CT molecular complexity index is 346. The molecule has 0 aliphatic carbocycles. The number of carbonyl (C=O) groups is 1. The van der Waals surface area contributed by atoms with E-state index in [1.165, 1.54) is 0 Å². The zero-order valence-electron chi connectivity index (χ0n) is 8.62. The minimum Gasteiger partial charge on any atom is -0.366 e. The van der Waals surface area contributed by atoms with Gasteiger partial charge in [0.1, 0.15) is 6.10 Å². The van der Waals surface area contributed by atoms with Gasteiger partial charge >= 0.3 is 6.18 Å². The fraction of sp³-hybridized carbons (Fsp3) is 0.364. The van der Waals surface area contributed by atoms with Gasteiger partial charge in [-0.1, -0.05) is 30.3 Å². The van der Waals surface area contributed by atoms with E-state index in [9.17, 15) is 18.0 Å². The molecule has 0 amide bonds. The first-order valence-electron chi connectivity index (χ1n) is 4.68. The molecule has 2 nitrogen and oxygen atoms in total. The lowest BCUT2D eigenvalue weighted by Crippen LogP contribution is -2.34. The summed E-state index contributed by atoms with van der Waals surface area (Å²) in [4.78, 5) is 10.7. The largest absolute Gasteiger partial charge is 0.452 e. The average molecular weight is 232 g/mol. The minimum absolute atomic E-state index is 0.0101. The normalized spacial score (nSPS) is 13.5. The van der Waals surface area contributed by atoms with E-state index in [0.29, 0.717) is 0 Å². The summed E-state index contributed by atoms with van der Waals surface area (Å²) in [5, 5.41) is 0. The van der Waals surface area contributed by atoms with E-state index >= 15 is 0 Å². The number of hydrogen-bond donors (Lipinski definition) is 0. The molecule has 0 saturated heterocycles. The molecular weight excluding hydrogens is 221 g/mol. The number of rotatable bonds is 4. The van der Waals surface area contributed by atoms with Gasteiger partial charge < -0.3 is 4.74 Å². The number of ketones is 1. The summed E-state index contributed by atoms with van der Waals surface area (Å²) in [5.41, 5.74) is 0.726. The van der Waals surface area contributed by atoms with Crippen molar-refractivity contribution >= 4 is 5.78 Å². The fourth-order valence-corrected chi connectivity index (χ4v) is 1.10. The summed E-state index contributed by atoms with van der Waals surface area (Å²) in [7, 11) is 0. The molecule has 5 heteroatoms. The summed E-state index contributed by atoms with van der Waals surface area (Å²) in [6.07, 6.45) is -6.31. The molecule has 16 heavy (non-hydrogen) atoms. The van der Waals surface area contributed by atoms with Gasteiger partial charge in [0, 0.05) is 0 Å². The highest BCUT2D eigenvalue weighted by Gasteiger charge is 2.42. The second kappa shape index (κ2) is 5.12. The molecule has 88 valence electrons. The number of ether oxygens (including phenoxy) is 1. The van der Waals surface area contributed by atoms with Crippen molar-refractivity contribution in [2.75, 3.05) is 0 Å². The quantitative estimate of drug-likeness (QED) is 0.797. The predicted octanol–water partition coefficient (Wildman–Crippen LogP) is 2.72. The molecule has 0 radical (unpaired) electrons. The molecule has 0 N–H and O–H groups in total. The maximum absolute atomic E-state index is 12.0. The van der Waals surface area contributed by atoms with E-state index in [0.717, 1.165) is 12.5 Å². The number of benzene rings is 1. The van der Waals surface area contributed by atoms with Gasteiger partial charge in [-0.25, -0.2) is 0 Å². The first-order valence-corrected chi connectivity index (χ1v) is 4.68. The van der Waals surface area contributed by atoms with E-state index in [1.54, 1.807) is 30.3 Å². The van der Waals surface area contributed by atoms with Gasteiger partial charge in [-0.15, -0.1) is 0 Å². The summed E-state index contributed by atoms with van der Waals surface area (Å²) >= 11 is 0. The first kappa shape index (κ1) is 12.7. The average Bonchev–Trinajstić information content (AvgIpc) is 2.25. The van der Waals surface area contributed by atoms with Crippen LogP contribution in [0.1, 0.15) is 12.5 Å². The second-order valence-corrected chi connectivity index (χ2v) is 3.30. The van der Waals surface area contributed by atoms with E-state index in [4.69, 9.17) is 4.74 Å². The molecule has 0 heterocycles. The third kappa shape index (κ3) is 3.66. The zero-order valence-corrected chi connectivity index (χ0v) is 8.62. The molecule has 0 fully saturated rings. The Kier molecular flexibility index (Phi) is 4.06. The Morgan fingerprint density at radius 2 is 1.88 bits per heavy atom. The van der Waals surface area contributed by atoms with Crippen LogP contribution in [0.3, 0.4) is 0 Å². The van der Waals surface area contributed by atoms with Crippen LogP contribution in [0.5, 0.6) is 0 Å². The highest BCUT2D eigenvalue weighted by molar-refractivity contribution is 5.87. The van der Waals surface area contributed by atoms with E-state index in [1.807, 2.05) is 0 Å². The Hall–Kier alpha value is -1.36. The minimum atomic E-state index is -4.84. The van der Waals surface area contributed by atoms with E-state index in [2.05, 4.69) is 0 Å². The number of Topliss-reactive ketones (excluding diaryl/α,β-unsaturated/α-hetero) is 1. The van der Waals surface area contributed by atoms with Crippen LogP contribution in [-0.4, -0.2) is 18.1 Å². The van der Waals surface area contributed by atoms with Crippen molar-refractivity contribution < 1.29 is 22.7 Å². The molecule has 0 bridgehead atoms. The highest BCUT2D eigenvalue weighted by atomic mass is 19.4. The van der Waals surface area contributed by atoms with E-state index in [-0.39, 0.29) is 6.61 Å². The molecule has 0 spiro atoms. The summed E-state index contributed by atoms with van der Waals surface area (Å²) < 4.78 is 40.8. The zero-order chi connectivity index (χ0) is 12.2. The van der Waals surface area contributed by atoms with Gasteiger partial charge in [-0.05, 0) is 12.5 Å². The van der Waals surface area contributed by atoms with Gasteiger partial charge in [0.05, 0.1) is 6.61 Å². The van der Waals surface area contributed by atoms with Crippen LogP contribution in [0.2, 0.25) is 0 Å². The van der Waals surface area contributed by atoms with Crippen LogP contribution in [0.15, 0.2) is 30.3 Å². The Morgan fingerprint density at radius 1 is 1.31 bits per heavy atom. The molecule has 0 aliphatic heterocycles. The van der Waals surface area contributed by atoms with Gasteiger partial charge in [-0.3, -0.25) is 4.79 Å². The molecule has 0 aromatic heterocycles. The molecule has 0 saturated carbocycles. The third-order valence-electron chi connectivity index (χ3n) is 1.99. The van der Waals surface area contributed by atoms with Gasteiger partial charge in [-0.2, -0.15) is 13.2 Å². The van der Waals surface area contributed by atoms with Gasteiger partial charge in [0.2, 0.25) is 0 Å². The summed E-state index contributed by atoms with van der Waals surface area (Å²) in [6.45, 7) is 1.09. The van der Waals surface area contributed by atoms with Crippen molar-refractivity contribution in [2.24, 2.45) is 0 Å². The lowest BCUT2D eigenvalue weighted by atomic mass is 10.2. The van der Waals surface area contributed by atoms with Crippen LogP contribution >= 0.6 is 0 Å². The standard InChI is InChI=1S/C11H11F3O2/c1-8(10(15)11(12,13)14)16-7-9-5-3-2-4-6-9/h2-6,8H,7H2,1H3/t8-/m1/s1. The van der Waals surface area contributed by atoms with Crippen molar-refractivity contribution in [3.63, 3.8) is 0 Å². The predicted molar refractivity (Wildman–Crippen MR) is 51.8 cm³/mol.